The van der Waals surface area contributed by atoms with E-state index in [1.54, 1.807) is 0 Å². The maximum absolute atomic E-state index is 12.9. The van der Waals surface area contributed by atoms with E-state index in [0.717, 1.165) is 109 Å². The Bertz CT molecular complexity index is 1310. The van der Waals surface area contributed by atoms with Crippen LogP contribution in [-0.2, 0) is 28.6 Å². The first kappa shape index (κ1) is 66.9. The fourth-order valence-corrected chi connectivity index (χ4v) is 8.47. The van der Waals surface area contributed by atoms with Crippen LogP contribution in [0.1, 0.15) is 297 Å². The van der Waals surface area contributed by atoms with Gasteiger partial charge in [0.05, 0.1) is 0 Å². The highest BCUT2D eigenvalue weighted by molar-refractivity contribution is 5.71. The zero-order valence-electron chi connectivity index (χ0n) is 46.3. The Morgan fingerprint density at radius 3 is 0.886 bits per heavy atom. The summed E-state index contributed by atoms with van der Waals surface area (Å²) in [5.41, 5.74) is 0. The summed E-state index contributed by atoms with van der Waals surface area (Å²) < 4.78 is 16.9. The van der Waals surface area contributed by atoms with Crippen molar-refractivity contribution in [2.75, 3.05) is 13.2 Å². The standard InChI is InChI=1S/C64H112O6/c1-4-7-10-13-16-19-22-24-26-28-30-32-34-36-38-40-42-45-48-51-54-57-63(66)69-60-61(59-68-62(65)56-53-50-47-44-21-18-15-12-9-6-3)70-64(67)58-55-52-49-46-43-41-39-37-35-33-31-29-27-25-23-20-17-14-11-8-5-2/h7,10,16,19,24,26,29-32,36,38,61H,4-6,8-9,11-15,17-18,20-23,25,27-28,33-35,37,39-60H2,1-3H3/b10-7-,19-16-,26-24-,31-29-,32-30-,38-36-. The van der Waals surface area contributed by atoms with Crippen LogP contribution in [0.4, 0.5) is 0 Å². The van der Waals surface area contributed by atoms with Crippen LogP contribution in [0.15, 0.2) is 72.9 Å². The van der Waals surface area contributed by atoms with Gasteiger partial charge in [0, 0.05) is 19.3 Å². The van der Waals surface area contributed by atoms with Gasteiger partial charge in [-0.2, -0.15) is 0 Å². The van der Waals surface area contributed by atoms with Crippen LogP contribution in [-0.4, -0.2) is 37.2 Å². The van der Waals surface area contributed by atoms with Crippen molar-refractivity contribution in [3.63, 3.8) is 0 Å². The van der Waals surface area contributed by atoms with Gasteiger partial charge < -0.3 is 14.2 Å². The second kappa shape index (κ2) is 58.4. The maximum atomic E-state index is 12.9. The molecule has 1 unspecified atom stereocenters. The lowest BCUT2D eigenvalue weighted by molar-refractivity contribution is -0.167. The number of hydrogen-bond acceptors (Lipinski definition) is 6. The molecule has 0 aromatic carbocycles. The summed E-state index contributed by atoms with van der Waals surface area (Å²) in [6, 6.07) is 0. The lowest BCUT2D eigenvalue weighted by atomic mass is 10.1. The van der Waals surface area contributed by atoms with Crippen molar-refractivity contribution in [3.8, 4) is 0 Å². The minimum atomic E-state index is -0.783. The molecule has 0 radical (unpaired) electrons. The van der Waals surface area contributed by atoms with Gasteiger partial charge in [0.15, 0.2) is 6.10 Å². The SMILES string of the molecule is CC/C=C\C/C=C\C/C=C\C/C=C\C/C=C\CCCCCCCC(=O)OCC(COC(=O)CCCCCCCCCCCC)OC(=O)CCCCCCCCCCC/C=C\CCCCCCCCCC. The van der Waals surface area contributed by atoms with Gasteiger partial charge in [-0.05, 0) is 89.9 Å². The molecule has 0 rings (SSSR count). The van der Waals surface area contributed by atoms with Gasteiger partial charge in [-0.25, -0.2) is 0 Å². The molecule has 0 aliphatic rings. The van der Waals surface area contributed by atoms with Crippen molar-refractivity contribution in [1.29, 1.82) is 0 Å². The van der Waals surface area contributed by atoms with Crippen LogP contribution in [0.25, 0.3) is 0 Å². The molecule has 6 heteroatoms. The van der Waals surface area contributed by atoms with E-state index in [1.165, 1.54) is 148 Å². The molecule has 6 nitrogen and oxygen atoms in total. The molecule has 0 saturated heterocycles. The predicted molar refractivity (Wildman–Crippen MR) is 302 cm³/mol. The van der Waals surface area contributed by atoms with Crippen molar-refractivity contribution in [2.45, 2.75) is 303 Å². The van der Waals surface area contributed by atoms with Crippen LogP contribution >= 0.6 is 0 Å². The van der Waals surface area contributed by atoms with E-state index >= 15 is 0 Å². The molecule has 1 atom stereocenters. The van der Waals surface area contributed by atoms with E-state index in [2.05, 4.69) is 93.7 Å². The van der Waals surface area contributed by atoms with Crippen molar-refractivity contribution in [2.24, 2.45) is 0 Å². The Kier molecular flexibility index (Phi) is 55.8. The van der Waals surface area contributed by atoms with Gasteiger partial charge in [-0.15, -0.1) is 0 Å². The molecule has 0 spiro atoms. The number of esters is 3. The van der Waals surface area contributed by atoms with E-state index in [9.17, 15) is 14.4 Å². The Morgan fingerprint density at radius 2 is 0.557 bits per heavy atom. The third-order valence-corrected chi connectivity index (χ3v) is 12.9. The maximum Gasteiger partial charge on any atom is 0.306 e. The van der Waals surface area contributed by atoms with Crippen molar-refractivity contribution in [1.82, 2.24) is 0 Å². The minimum Gasteiger partial charge on any atom is -0.462 e. The Morgan fingerprint density at radius 1 is 0.300 bits per heavy atom. The molecule has 404 valence electrons. The number of hydrogen-bond donors (Lipinski definition) is 0. The Hall–Kier alpha value is -3.15. The van der Waals surface area contributed by atoms with E-state index in [-0.39, 0.29) is 31.1 Å². The topological polar surface area (TPSA) is 78.9 Å². The molecule has 70 heavy (non-hydrogen) atoms. The fraction of sp³-hybridized carbons (Fsp3) is 0.766. The molecule has 0 fully saturated rings. The van der Waals surface area contributed by atoms with Gasteiger partial charge in [0.2, 0.25) is 0 Å². The average molecular weight is 978 g/mol. The first-order chi connectivity index (χ1) is 34.5. The van der Waals surface area contributed by atoms with E-state index in [0.29, 0.717) is 19.3 Å². The molecule has 0 aliphatic carbocycles. The van der Waals surface area contributed by atoms with Crippen LogP contribution in [0.3, 0.4) is 0 Å². The third kappa shape index (κ3) is 55.8. The quantitative estimate of drug-likeness (QED) is 0.0261. The molecule has 0 N–H and O–H groups in total. The van der Waals surface area contributed by atoms with E-state index < -0.39 is 6.10 Å². The minimum absolute atomic E-state index is 0.0803. The number of rotatable bonds is 54. The van der Waals surface area contributed by atoms with Crippen molar-refractivity contribution in [3.05, 3.63) is 72.9 Å². The molecule has 0 heterocycles. The zero-order chi connectivity index (χ0) is 50.7. The van der Waals surface area contributed by atoms with Crippen LogP contribution < -0.4 is 0 Å². The summed E-state index contributed by atoms with van der Waals surface area (Å²) in [7, 11) is 0. The lowest BCUT2D eigenvalue weighted by Crippen LogP contribution is -2.30. The number of unbranched alkanes of at least 4 members (excludes halogenated alkanes) is 31. The largest absolute Gasteiger partial charge is 0.462 e. The molecule has 0 amide bonds. The number of carbonyl (C=O) groups is 3. The number of ether oxygens (including phenoxy) is 3. The summed E-state index contributed by atoms with van der Waals surface area (Å²) >= 11 is 0. The van der Waals surface area contributed by atoms with Gasteiger partial charge in [-0.1, -0.05) is 261 Å². The number of allylic oxidation sites excluding steroid dienone is 12. The van der Waals surface area contributed by atoms with Crippen LogP contribution in [0.2, 0.25) is 0 Å². The molecule has 0 bridgehead atoms. The predicted octanol–water partition coefficient (Wildman–Crippen LogP) is 20.2. The normalized spacial score (nSPS) is 12.6. The van der Waals surface area contributed by atoms with Gasteiger partial charge in [0.1, 0.15) is 13.2 Å². The second-order valence-corrected chi connectivity index (χ2v) is 19.9. The fourth-order valence-electron chi connectivity index (χ4n) is 8.47. The smallest absolute Gasteiger partial charge is 0.306 e. The van der Waals surface area contributed by atoms with Crippen molar-refractivity contribution < 1.29 is 28.6 Å². The summed E-state index contributed by atoms with van der Waals surface area (Å²) in [5, 5.41) is 0. The number of carbonyl (C=O) groups excluding carboxylic acids is 3. The third-order valence-electron chi connectivity index (χ3n) is 12.9. The van der Waals surface area contributed by atoms with Crippen molar-refractivity contribution >= 4 is 17.9 Å². The Labute approximate surface area is 433 Å². The first-order valence-electron chi connectivity index (χ1n) is 29.9. The first-order valence-corrected chi connectivity index (χ1v) is 29.9. The highest BCUT2D eigenvalue weighted by Gasteiger charge is 2.19. The van der Waals surface area contributed by atoms with E-state index in [4.69, 9.17) is 14.2 Å². The molecule has 0 aliphatic heterocycles. The molecular formula is C64H112O6. The molecule has 0 aromatic heterocycles. The highest BCUT2D eigenvalue weighted by atomic mass is 16.6. The van der Waals surface area contributed by atoms with Gasteiger partial charge >= 0.3 is 17.9 Å². The summed E-state index contributed by atoms with van der Waals surface area (Å²) in [6.07, 6.45) is 74.7. The average Bonchev–Trinajstić information content (AvgIpc) is 3.36. The van der Waals surface area contributed by atoms with Gasteiger partial charge in [0.25, 0.3) is 0 Å². The molecular weight excluding hydrogens is 865 g/mol. The van der Waals surface area contributed by atoms with Crippen LogP contribution in [0.5, 0.6) is 0 Å². The second-order valence-electron chi connectivity index (χ2n) is 19.9. The van der Waals surface area contributed by atoms with Gasteiger partial charge in [-0.3, -0.25) is 14.4 Å². The summed E-state index contributed by atoms with van der Waals surface area (Å²) in [5.74, 6) is -0.893. The zero-order valence-corrected chi connectivity index (χ0v) is 46.3. The highest BCUT2D eigenvalue weighted by Crippen LogP contribution is 2.16. The summed E-state index contributed by atoms with van der Waals surface area (Å²) in [6.45, 7) is 6.52. The van der Waals surface area contributed by atoms with Crippen LogP contribution in [0, 0.1) is 0 Å². The lowest BCUT2D eigenvalue weighted by Gasteiger charge is -2.18. The monoisotopic (exact) mass is 977 g/mol. The molecule has 0 aromatic rings. The molecule has 0 saturated carbocycles. The summed E-state index contributed by atoms with van der Waals surface area (Å²) in [4.78, 5) is 38.1. The van der Waals surface area contributed by atoms with E-state index in [1.807, 2.05) is 0 Å². The Balaban J connectivity index is 4.32.